The van der Waals surface area contributed by atoms with Crippen molar-refractivity contribution in [2.24, 2.45) is 0 Å². The van der Waals surface area contributed by atoms with Crippen molar-refractivity contribution in [3.8, 4) is 5.75 Å². The van der Waals surface area contributed by atoms with Crippen LogP contribution >= 0.6 is 0 Å². The fraction of sp³-hybridized carbons (Fsp3) is 0.538. The van der Waals surface area contributed by atoms with Gasteiger partial charge in [-0.1, -0.05) is 6.07 Å². The Hall–Kier alpha value is -1.13. The molecule has 1 aliphatic rings. The lowest BCUT2D eigenvalue weighted by Crippen LogP contribution is -2.44. The van der Waals surface area contributed by atoms with Gasteiger partial charge in [-0.25, -0.2) is 4.39 Å². The Balaban J connectivity index is 2.00. The number of piperazine rings is 1. The van der Waals surface area contributed by atoms with Crippen molar-refractivity contribution in [1.29, 1.82) is 0 Å². The van der Waals surface area contributed by atoms with Crippen LogP contribution in [0.4, 0.5) is 4.39 Å². The molecule has 0 saturated carbocycles. The van der Waals surface area contributed by atoms with Gasteiger partial charge in [0.1, 0.15) is 11.6 Å². The van der Waals surface area contributed by atoms with Crippen LogP contribution in [0.15, 0.2) is 12.1 Å². The number of hydrogen-bond donors (Lipinski definition) is 2. The second kappa shape index (κ2) is 5.47. The van der Waals surface area contributed by atoms with Gasteiger partial charge in [0.25, 0.3) is 0 Å². The fourth-order valence-corrected chi connectivity index (χ4v) is 2.17. The van der Waals surface area contributed by atoms with Crippen LogP contribution in [0.5, 0.6) is 5.75 Å². The normalized spacial score (nSPS) is 17.3. The van der Waals surface area contributed by atoms with Gasteiger partial charge in [0.2, 0.25) is 0 Å². The number of aryl methyl sites for hydroxylation is 1. The van der Waals surface area contributed by atoms with Crippen LogP contribution in [0.25, 0.3) is 0 Å². The van der Waals surface area contributed by atoms with Crippen LogP contribution in [-0.2, 0) is 6.42 Å². The van der Waals surface area contributed by atoms with E-state index in [1.54, 1.807) is 19.1 Å². The summed E-state index contributed by atoms with van der Waals surface area (Å²) in [4.78, 5) is 2.29. The Morgan fingerprint density at radius 1 is 1.35 bits per heavy atom. The number of hydrogen-bond acceptors (Lipinski definition) is 3. The summed E-state index contributed by atoms with van der Waals surface area (Å²) >= 11 is 0. The highest BCUT2D eigenvalue weighted by Gasteiger charge is 2.14. The van der Waals surface area contributed by atoms with Crippen molar-refractivity contribution in [2.75, 3.05) is 32.7 Å². The molecule has 1 aromatic rings. The van der Waals surface area contributed by atoms with Gasteiger partial charge in [-0.3, -0.25) is 0 Å². The molecule has 3 nitrogen and oxygen atoms in total. The van der Waals surface area contributed by atoms with E-state index in [1.807, 2.05) is 0 Å². The number of aromatic hydroxyl groups is 1. The van der Waals surface area contributed by atoms with Crippen molar-refractivity contribution in [3.05, 3.63) is 29.1 Å². The molecular formula is C13H19FN2O. The molecule has 2 N–H and O–H groups in total. The Labute approximate surface area is 101 Å². The predicted molar refractivity (Wildman–Crippen MR) is 65.8 cm³/mol. The quantitative estimate of drug-likeness (QED) is 0.833. The molecule has 1 saturated heterocycles. The van der Waals surface area contributed by atoms with Crippen LogP contribution < -0.4 is 5.32 Å². The second-order valence-corrected chi connectivity index (χ2v) is 4.54. The molecule has 1 fully saturated rings. The van der Waals surface area contributed by atoms with Gasteiger partial charge < -0.3 is 15.3 Å². The first-order valence-electron chi connectivity index (χ1n) is 6.08. The van der Waals surface area contributed by atoms with E-state index in [2.05, 4.69) is 10.2 Å². The Bertz CT molecular complexity index is 389. The monoisotopic (exact) mass is 238 g/mol. The summed E-state index contributed by atoms with van der Waals surface area (Å²) in [5, 5.41) is 13.0. The minimum absolute atomic E-state index is 0.0724. The van der Waals surface area contributed by atoms with E-state index < -0.39 is 0 Å². The average Bonchev–Trinajstić information content (AvgIpc) is 2.35. The zero-order valence-electron chi connectivity index (χ0n) is 10.2. The van der Waals surface area contributed by atoms with Crippen LogP contribution in [0, 0.1) is 12.7 Å². The average molecular weight is 238 g/mol. The first kappa shape index (κ1) is 12.3. The molecule has 1 aliphatic heterocycles. The number of rotatable bonds is 3. The first-order chi connectivity index (χ1) is 8.18. The molecule has 4 heteroatoms. The summed E-state index contributed by atoms with van der Waals surface area (Å²) in [7, 11) is 0. The molecule has 1 heterocycles. The number of phenols is 1. The van der Waals surface area contributed by atoms with E-state index in [1.165, 1.54) is 0 Å². The van der Waals surface area contributed by atoms with Gasteiger partial charge in [-0.15, -0.1) is 0 Å². The molecular weight excluding hydrogens is 219 g/mol. The van der Waals surface area contributed by atoms with Crippen molar-refractivity contribution < 1.29 is 9.50 Å². The molecule has 0 aliphatic carbocycles. The third-order valence-electron chi connectivity index (χ3n) is 3.30. The molecule has 0 atom stereocenters. The maximum absolute atomic E-state index is 13.8. The molecule has 0 radical (unpaired) electrons. The number of benzene rings is 1. The Morgan fingerprint density at radius 3 is 2.76 bits per heavy atom. The number of nitrogens with zero attached hydrogens (tertiary/aromatic N) is 1. The van der Waals surface area contributed by atoms with Crippen LogP contribution in [0.2, 0.25) is 0 Å². The molecule has 0 spiro atoms. The smallest absolute Gasteiger partial charge is 0.133 e. The molecule has 94 valence electrons. The summed E-state index contributed by atoms with van der Waals surface area (Å²) in [5.41, 5.74) is 1.04. The molecule has 0 unspecified atom stereocenters. The van der Waals surface area contributed by atoms with Crippen LogP contribution in [0.1, 0.15) is 11.1 Å². The van der Waals surface area contributed by atoms with E-state index >= 15 is 0 Å². The highest BCUT2D eigenvalue weighted by Crippen LogP contribution is 2.23. The van der Waals surface area contributed by atoms with Gasteiger partial charge in [0.15, 0.2) is 0 Å². The number of phenolic OH excluding ortho intramolecular Hbond substituents is 1. The molecule has 1 aromatic carbocycles. The summed E-state index contributed by atoms with van der Waals surface area (Å²) in [6.45, 7) is 6.49. The largest absolute Gasteiger partial charge is 0.508 e. The SMILES string of the molecule is Cc1ccc(O)c(CCN2CCNCC2)c1F. The van der Waals surface area contributed by atoms with E-state index in [9.17, 15) is 9.50 Å². The van der Waals surface area contributed by atoms with Gasteiger partial charge in [0.05, 0.1) is 0 Å². The highest BCUT2D eigenvalue weighted by atomic mass is 19.1. The maximum Gasteiger partial charge on any atom is 0.133 e. The third-order valence-corrected chi connectivity index (χ3v) is 3.30. The summed E-state index contributed by atoms with van der Waals surface area (Å²) in [5.74, 6) is -0.191. The van der Waals surface area contributed by atoms with E-state index in [-0.39, 0.29) is 11.6 Å². The van der Waals surface area contributed by atoms with Crippen molar-refractivity contribution in [1.82, 2.24) is 10.2 Å². The molecule has 0 bridgehead atoms. The standard InChI is InChI=1S/C13H19FN2O/c1-10-2-3-12(17)11(13(10)14)4-7-16-8-5-15-6-9-16/h2-3,15,17H,4-9H2,1H3. The molecule has 2 rings (SSSR count). The summed E-state index contributed by atoms with van der Waals surface area (Å²) < 4.78 is 13.8. The van der Waals surface area contributed by atoms with E-state index in [0.717, 1.165) is 32.7 Å². The minimum Gasteiger partial charge on any atom is -0.508 e. The lowest BCUT2D eigenvalue weighted by molar-refractivity contribution is 0.242. The van der Waals surface area contributed by atoms with Gasteiger partial charge in [0, 0.05) is 38.3 Å². The third kappa shape index (κ3) is 2.96. The Kier molecular flexibility index (Phi) is 3.97. The second-order valence-electron chi connectivity index (χ2n) is 4.54. The van der Waals surface area contributed by atoms with E-state index in [4.69, 9.17) is 0 Å². The maximum atomic E-state index is 13.8. The molecule has 0 amide bonds. The number of nitrogens with one attached hydrogen (secondary N) is 1. The zero-order valence-corrected chi connectivity index (χ0v) is 10.2. The van der Waals surface area contributed by atoms with Gasteiger partial charge >= 0.3 is 0 Å². The topological polar surface area (TPSA) is 35.5 Å². The predicted octanol–water partition coefficient (Wildman–Crippen LogP) is 1.29. The van der Waals surface area contributed by atoms with Crippen molar-refractivity contribution in [3.63, 3.8) is 0 Å². The van der Waals surface area contributed by atoms with Crippen molar-refractivity contribution in [2.45, 2.75) is 13.3 Å². The summed E-state index contributed by atoms with van der Waals surface area (Å²) in [6, 6.07) is 3.19. The number of halogens is 1. The highest BCUT2D eigenvalue weighted by molar-refractivity contribution is 5.37. The van der Waals surface area contributed by atoms with Gasteiger partial charge in [-0.2, -0.15) is 0 Å². The zero-order chi connectivity index (χ0) is 12.3. The lowest BCUT2D eigenvalue weighted by atomic mass is 10.1. The molecule has 0 aromatic heterocycles. The fourth-order valence-electron chi connectivity index (χ4n) is 2.17. The lowest BCUT2D eigenvalue weighted by Gasteiger charge is -2.27. The Morgan fingerprint density at radius 2 is 2.06 bits per heavy atom. The van der Waals surface area contributed by atoms with Crippen LogP contribution in [-0.4, -0.2) is 42.7 Å². The van der Waals surface area contributed by atoms with E-state index in [0.29, 0.717) is 17.5 Å². The molecule has 17 heavy (non-hydrogen) atoms. The van der Waals surface area contributed by atoms with Crippen molar-refractivity contribution >= 4 is 0 Å². The van der Waals surface area contributed by atoms with Crippen LogP contribution in [0.3, 0.4) is 0 Å². The minimum atomic E-state index is -0.264. The van der Waals surface area contributed by atoms with Gasteiger partial charge in [-0.05, 0) is 25.0 Å². The first-order valence-corrected chi connectivity index (χ1v) is 6.08. The summed E-state index contributed by atoms with van der Waals surface area (Å²) in [6.07, 6.45) is 0.569.